The lowest BCUT2D eigenvalue weighted by molar-refractivity contribution is 0.0941. The van der Waals surface area contributed by atoms with Crippen LogP contribution in [0.2, 0.25) is 0 Å². The van der Waals surface area contributed by atoms with E-state index in [1.54, 1.807) is 48.3 Å². The number of nitrogens with one attached hydrogen (secondary N) is 1. The molecule has 0 bridgehead atoms. The summed E-state index contributed by atoms with van der Waals surface area (Å²) in [6.07, 6.45) is 1.72. The minimum Gasteiger partial charge on any atom is -0.492 e. The van der Waals surface area contributed by atoms with Crippen LogP contribution in [-0.4, -0.2) is 28.8 Å². The monoisotopic (exact) mass is 260 g/mol. The van der Waals surface area contributed by atoms with Gasteiger partial charge in [0.2, 0.25) is 0 Å². The summed E-state index contributed by atoms with van der Waals surface area (Å²) in [7, 11) is 1.76. The van der Waals surface area contributed by atoms with E-state index in [9.17, 15) is 4.79 Å². The van der Waals surface area contributed by atoms with Crippen LogP contribution in [0.3, 0.4) is 0 Å². The maximum absolute atomic E-state index is 11.7. The summed E-state index contributed by atoms with van der Waals surface area (Å²) in [5.41, 5.74) is 6.65. The Hall–Kier alpha value is -2.50. The quantitative estimate of drug-likeness (QED) is 0.615. The average molecular weight is 260 g/mol. The number of hydrogen-bond acceptors (Lipinski definition) is 4. The molecule has 3 N–H and O–H groups in total. The molecule has 0 radical (unpaired) electrons. The number of ether oxygens (including phenoxy) is 1. The van der Waals surface area contributed by atoms with E-state index < -0.39 is 0 Å². The van der Waals surface area contributed by atoms with Gasteiger partial charge in [-0.3, -0.25) is 9.48 Å². The molecular weight excluding hydrogens is 244 g/mol. The first kappa shape index (κ1) is 12.9. The smallest absolute Gasteiger partial charge is 0.271 e. The van der Waals surface area contributed by atoms with Crippen molar-refractivity contribution in [2.24, 2.45) is 7.05 Å². The van der Waals surface area contributed by atoms with Crippen LogP contribution in [0.4, 0.5) is 5.69 Å². The molecule has 2 aromatic rings. The summed E-state index contributed by atoms with van der Waals surface area (Å²) >= 11 is 0. The van der Waals surface area contributed by atoms with Crippen LogP contribution in [0.25, 0.3) is 0 Å². The molecule has 6 heteroatoms. The Balaban J connectivity index is 1.72. The number of aromatic nitrogens is 2. The predicted molar refractivity (Wildman–Crippen MR) is 71.9 cm³/mol. The summed E-state index contributed by atoms with van der Waals surface area (Å²) in [6, 6.07) is 8.77. The van der Waals surface area contributed by atoms with Gasteiger partial charge < -0.3 is 15.8 Å². The summed E-state index contributed by atoms with van der Waals surface area (Å²) < 4.78 is 7.04. The normalized spacial score (nSPS) is 10.2. The van der Waals surface area contributed by atoms with Crippen molar-refractivity contribution in [3.63, 3.8) is 0 Å². The van der Waals surface area contributed by atoms with E-state index in [-0.39, 0.29) is 5.91 Å². The van der Waals surface area contributed by atoms with Gasteiger partial charge >= 0.3 is 0 Å². The zero-order chi connectivity index (χ0) is 13.7. The number of hydrogen-bond donors (Lipinski definition) is 2. The summed E-state index contributed by atoms with van der Waals surface area (Å²) in [6.45, 7) is 0.808. The standard InChI is InChI=1S/C13H16N4O2/c1-17-8-6-12(16-17)13(18)15-7-9-19-11-4-2-10(14)3-5-11/h2-6,8H,7,9,14H2,1H3,(H,15,18). The van der Waals surface area contributed by atoms with Crippen molar-refractivity contribution >= 4 is 11.6 Å². The molecule has 2 rings (SSSR count). The van der Waals surface area contributed by atoms with Gasteiger partial charge in [0.25, 0.3) is 5.91 Å². The van der Waals surface area contributed by atoms with Gasteiger partial charge in [0.15, 0.2) is 0 Å². The number of benzene rings is 1. The molecule has 0 spiro atoms. The molecule has 19 heavy (non-hydrogen) atoms. The first-order valence-corrected chi connectivity index (χ1v) is 5.91. The molecule has 6 nitrogen and oxygen atoms in total. The molecule has 1 aromatic heterocycles. The second-order valence-corrected chi connectivity index (χ2v) is 4.05. The van der Waals surface area contributed by atoms with E-state index >= 15 is 0 Å². The number of nitrogens with zero attached hydrogens (tertiary/aromatic N) is 2. The highest BCUT2D eigenvalue weighted by molar-refractivity contribution is 5.92. The van der Waals surface area contributed by atoms with Gasteiger partial charge in [0.05, 0.1) is 6.54 Å². The maximum Gasteiger partial charge on any atom is 0.271 e. The zero-order valence-electron chi connectivity index (χ0n) is 10.7. The fourth-order valence-electron chi connectivity index (χ4n) is 1.52. The van der Waals surface area contributed by atoms with Gasteiger partial charge in [-0.05, 0) is 30.3 Å². The van der Waals surface area contributed by atoms with Crippen molar-refractivity contribution in [3.05, 3.63) is 42.2 Å². The second-order valence-electron chi connectivity index (χ2n) is 4.05. The molecule has 0 saturated heterocycles. The fraction of sp³-hybridized carbons (Fsp3) is 0.231. The first-order chi connectivity index (χ1) is 9.15. The fourth-order valence-corrected chi connectivity index (χ4v) is 1.52. The number of nitrogen functional groups attached to an aromatic ring is 1. The van der Waals surface area contributed by atoms with Crippen molar-refractivity contribution in [1.29, 1.82) is 0 Å². The van der Waals surface area contributed by atoms with E-state index in [1.807, 2.05) is 0 Å². The van der Waals surface area contributed by atoms with Gasteiger partial charge in [0, 0.05) is 18.9 Å². The van der Waals surface area contributed by atoms with E-state index in [0.29, 0.717) is 24.5 Å². The Labute approximate surface area is 111 Å². The number of anilines is 1. The average Bonchev–Trinajstić information content (AvgIpc) is 2.83. The third-order valence-electron chi connectivity index (χ3n) is 2.48. The molecule has 0 atom stereocenters. The Bertz CT molecular complexity index is 548. The van der Waals surface area contributed by atoms with Gasteiger partial charge in [0.1, 0.15) is 18.1 Å². The third-order valence-corrected chi connectivity index (χ3v) is 2.48. The van der Waals surface area contributed by atoms with Crippen molar-refractivity contribution in [1.82, 2.24) is 15.1 Å². The molecule has 1 aromatic carbocycles. The van der Waals surface area contributed by atoms with Gasteiger partial charge in [-0.25, -0.2) is 0 Å². The number of carbonyl (C=O) groups excluding carboxylic acids is 1. The van der Waals surface area contributed by atoms with Gasteiger partial charge in [-0.1, -0.05) is 0 Å². The van der Waals surface area contributed by atoms with E-state index in [1.165, 1.54) is 0 Å². The molecule has 1 heterocycles. The summed E-state index contributed by atoms with van der Waals surface area (Å²) in [5.74, 6) is 0.516. The first-order valence-electron chi connectivity index (χ1n) is 5.91. The van der Waals surface area contributed by atoms with Crippen LogP contribution >= 0.6 is 0 Å². The van der Waals surface area contributed by atoms with Crippen LogP contribution in [0.1, 0.15) is 10.5 Å². The SMILES string of the molecule is Cn1ccc(C(=O)NCCOc2ccc(N)cc2)n1. The minimum atomic E-state index is -0.207. The lowest BCUT2D eigenvalue weighted by atomic mass is 10.3. The van der Waals surface area contributed by atoms with E-state index in [4.69, 9.17) is 10.5 Å². The number of aryl methyl sites for hydroxylation is 1. The van der Waals surface area contributed by atoms with Crippen molar-refractivity contribution in [2.45, 2.75) is 0 Å². The highest BCUT2D eigenvalue weighted by Crippen LogP contribution is 2.12. The number of carbonyl (C=O) groups is 1. The maximum atomic E-state index is 11.7. The Kier molecular flexibility index (Phi) is 4.02. The van der Waals surface area contributed by atoms with Crippen molar-refractivity contribution < 1.29 is 9.53 Å². The predicted octanol–water partition coefficient (Wildman–Crippen LogP) is 0.811. The van der Waals surface area contributed by atoms with Gasteiger partial charge in [-0.2, -0.15) is 5.10 Å². The molecule has 0 aliphatic carbocycles. The molecular formula is C13H16N4O2. The molecule has 1 amide bonds. The lowest BCUT2D eigenvalue weighted by Gasteiger charge is -2.07. The van der Waals surface area contributed by atoms with Crippen LogP contribution in [0, 0.1) is 0 Å². The Morgan fingerprint density at radius 2 is 2.11 bits per heavy atom. The topological polar surface area (TPSA) is 82.2 Å². The molecule has 0 aliphatic rings. The molecule has 0 unspecified atom stereocenters. The van der Waals surface area contributed by atoms with Crippen LogP contribution in [-0.2, 0) is 7.05 Å². The van der Waals surface area contributed by atoms with Crippen molar-refractivity contribution in [2.75, 3.05) is 18.9 Å². The highest BCUT2D eigenvalue weighted by Gasteiger charge is 2.07. The van der Waals surface area contributed by atoms with Crippen LogP contribution in [0.15, 0.2) is 36.5 Å². The number of rotatable bonds is 5. The lowest BCUT2D eigenvalue weighted by Crippen LogP contribution is -2.28. The summed E-state index contributed by atoms with van der Waals surface area (Å²) in [5, 5.41) is 6.74. The summed E-state index contributed by atoms with van der Waals surface area (Å²) in [4.78, 5) is 11.7. The third kappa shape index (κ3) is 3.74. The largest absolute Gasteiger partial charge is 0.492 e. The second kappa shape index (κ2) is 5.90. The minimum absolute atomic E-state index is 0.207. The Morgan fingerprint density at radius 3 is 2.74 bits per heavy atom. The highest BCUT2D eigenvalue weighted by atomic mass is 16.5. The zero-order valence-corrected chi connectivity index (χ0v) is 10.7. The molecule has 0 saturated carbocycles. The number of nitrogens with two attached hydrogens (primary N) is 1. The van der Waals surface area contributed by atoms with E-state index in [2.05, 4.69) is 10.4 Å². The van der Waals surface area contributed by atoms with E-state index in [0.717, 1.165) is 5.75 Å². The van der Waals surface area contributed by atoms with Crippen molar-refractivity contribution in [3.8, 4) is 5.75 Å². The molecule has 0 aliphatic heterocycles. The Morgan fingerprint density at radius 1 is 1.37 bits per heavy atom. The number of amides is 1. The van der Waals surface area contributed by atoms with Crippen LogP contribution < -0.4 is 15.8 Å². The van der Waals surface area contributed by atoms with Gasteiger partial charge in [-0.15, -0.1) is 0 Å². The molecule has 0 fully saturated rings. The molecule has 100 valence electrons. The van der Waals surface area contributed by atoms with Crippen LogP contribution in [0.5, 0.6) is 5.75 Å².